The van der Waals surface area contributed by atoms with E-state index >= 15 is 0 Å². The van der Waals surface area contributed by atoms with Gasteiger partial charge in [-0.3, -0.25) is 0 Å². The normalized spacial score (nSPS) is 9.95. The molecule has 2 N–H and O–H groups in total. The monoisotopic (exact) mass is 282 g/mol. The molecule has 0 amide bonds. The van der Waals surface area contributed by atoms with Crippen molar-refractivity contribution in [3.8, 4) is 17.6 Å². The molecule has 0 radical (unpaired) electrons. The standard InChI is InChI=1S/C17H18N2O2/c1-12-9-14(11-18)10-13(2)17(12)21-8-7-20-16-5-3-15(19)4-6-16/h3-6,9-10H,7-8,19H2,1-2H3. The number of rotatable bonds is 5. The second kappa shape index (κ2) is 6.67. The maximum atomic E-state index is 8.92. The summed E-state index contributed by atoms with van der Waals surface area (Å²) in [5.41, 5.74) is 8.89. The number of nitrogens with zero attached hydrogens (tertiary/aromatic N) is 1. The smallest absolute Gasteiger partial charge is 0.125 e. The van der Waals surface area contributed by atoms with E-state index < -0.39 is 0 Å². The molecule has 0 saturated heterocycles. The van der Waals surface area contributed by atoms with Gasteiger partial charge in [-0.05, 0) is 61.4 Å². The summed E-state index contributed by atoms with van der Waals surface area (Å²) in [6, 6.07) is 13.0. The SMILES string of the molecule is Cc1cc(C#N)cc(C)c1OCCOc1ccc(N)cc1. The molecular formula is C17H18N2O2. The minimum Gasteiger partial charge on any atom is -0.490 e. The third kappa shape index (κ3) is 3.90. The molecule has 0 unspecified atom stereocenters. The van der Waals surface area contributed by atoms with Gasteiger partial charge >= 0.3 is 0 Å². The van der Waals surface area contributed by atoms with Crippen LogP contribution in [0.4, 0.5) is 5.69 Å². The molecule has 4 heteroatoms. The number of nitriles is 1. The number of nitrogen functional groups attached to an aromatic ring is 1. The van der Waals surface area contributed by atoms with Crippen LogP contribution in [-0.2, 0) is 0 Å². The molecule has 108 valence electrons. The third-order valence-electron chi connectivity index (χ3n) is 3.07. The molecule has 0 atom stereocenters. The first-order valence-electron chi connectivity index (χ1n) is 6.72. The van der Waals surface area contributed by atoms with Crippen LogP contribution in [0.15, 0.2) is 36.4 Å². The number of anilines is 1. The predicted octanol–water partition coefficient (Wildman–Crippen LogP) is 3.22. The molecule has 2 aromatic rings. The highest BCUT2D eigenvalue weighted by Crippen LogP contribution is 2.24. The molecule has 0 aliphatic carbocycles. The summed E-state index contributed by atoms with van der Waals surface area (Å²) < 4.78 is 11.3. The van der Waals surface area contributed by atoms with Crippen LogP contribution in [0, 0.1) is 25.2 Å². The number of ether oxygens (including phenoxy) is 2. The van der Waals surface area contributed by atoms with E-state index in [-0.39, 0.29) is 0 Å². The molecule has 0 bridgehead atoms. The van der Waals surface area contributed by atoms with Crippen LogP contribution < -0.4 is 15.2 Å². The lowest BCUT2D eigenvalue weighted by molar-refractivity contribution is 0.215. The van der Waals surface area contributed by atoms with Crippen molar-refractivity contribution in [2.24, 2.45) is 0 Å². The van der Waals surface area contributed by atoms with E-state index in [1.54, 1.807) is 12.1 Å². The van der Waals surface area contributed by atoms with E-state index in [1.165, 1.54) is 0 Å². The van der Waals surface area contributed by atoms with Crippen LogP contribution >= 0.6 is 0 Å². The maximum absolute atomic E-state index is 8.92. The van der Waals surface area contributed by atoms with Gasteiger partial charge in [0.25, 0.3) is 0 Å². The van der Waals surface area contributed by atoms with Crippen molar-refractivity contribution in [3.63, 3.8) is 0 Å². The van der Waals surface area contributed by atoms with Crippen molar-refractivity contribution in [2.75, 3.05) is 18.9 Å². The molecule has 2 aromatic carbocycles. The average Bonchev–Trinajstić information content (AvgIpc) is 2.47. The second-order valence-corrected chi connectivity index (χ2v) is 4.82. The van der Waals surface area contributed by atoms with E-state index in [0.717, 1.165) is 22.6 Å². The van der Waals surface area contributed by atoms with Crippen LogP contribution in [0.2, 0.25) is 0 Å². The Morgan fingerprint density at radius 1 is 1.00 bits per heavy atom. The number of nitrogens with two attached hydrogens (primary N) is 1. The lowest BCUT2D eigenvalue weighted by Gasteiger charge is -2.13. The molecule has 4 nitrogen and oxygen atoms in total. The molecule has 0 heterocycles. The second-order valence-electron chi connectivity index (χ2n) is 4.82. The highest BCUT2D eigenvalue weighted by molar-refractivity contribution is 5.47. The molecule has 21 heavy (non-hydrogen) atoms. The maximum Gasteiger partial charge on any atom is 0.125 e. The van der Waals surface area contributed by atoms with Gasteiger partial charge in [0.15, 0.2) is 0 Å². The fourth-order valence-electron chi connectivity index (χ4n) is 2.11. The molecule has 0 aliphatic rings. The number of aryl methyl sites for hydroxylation is 2. The zero-order valence-corrected chi connectivity index (χ0v) is 12.2. The largest absolute Gasteiger partial charge is 0.490 e. The van der Waals surface area contributed by atoms with Gasteiger partial charge in [-0.1, -0.05) is 0 Å². The molecule has 0 saturated carbocycles. The third-order valence-corrected chi connectivity index (χ3v) is 3.07. The Hall–Kier alpha value is -2.67. The van der Waals surface area contributed by atoms with Crippen molar-refractivity contribution in [1.82, 2.24) is 0 Å². The topological polar surface area (TPSA) is 68.3 Å². The highest BCUT2D eigenvalue weighted by atomic mass is 16.5. The van der Waals surface area contributed by atoms with Crippen LogP contribution in [0.1, 0.15) is 16.7 Å². The highest BCUT2D eigenvalue weighted by Gasteiger charge is 2.06. The Kier molecular flexibility index (Phi) is 4.68. The summed E-state index contributed by atoms with van der Waals surface area (Å²) in [6.07, 6.45) is 0. The van der Waals surface area contributed by atoms with E-state index in [9.17, 15) is 0 Å². The van der Waals surface area contributed by atoms with Crippen molar-refractivity contribution in [1.29, 1.82) is 5.26 Å². The van der Waals surface area contributed by atoms with Crippen molar-refractivity contribution in [3.05, 3.63) is 53.1 Å². The number of benzene rings is 2. The van der Waals surface area contributed by atoms with Crippen molar-refractivity contribution in [2.45, 2.75) is 13.8 Å². The zero-order chi connectivity index (χ0) is 15.2. The lowest BCUT2D eigenvalue weighted by Crippen LogP contribution is -2.10. The van der Waals surface area contributed by atoms with Crippen LogP contribution in [0.25, 0.3) is 0 Å². The summed E-state index contributed by atoms with van der Waals surface area (Å²) in [5, 5.41) is 8.92. The van der Waals surface area contributed by atoms with E-state index in [4.69, 9.17) is 20.5 Å². The average molecular weight is 282 g/mol. The Labute approximate surface area is 124 Å². The predicted molar refractivity (Wildman–Crippen MR) is 82.5 cm³/mol. The van der Waals surface area contributed by atoms with Gasteiger partial charge in [0.05, 0.1) is 11.6 Å². The van der Waals surface area contributed by atoms with E-state index in [0.29, 0.717) is 24.5 Å². The molecule has 2 rings (SSSR count). The van der Waals surface area contributed by atoms with Crippen LogP contribution in [0.3, 0.4) is 0 Å². The van der Waals surface area contributed by atoms with Crippen LogP contribution in [-0.4, -0.2) is 13.2 Å². The van der Waals surface area contributed by atoms with Crippen LogP contribution in [0.5, 0.6) is 11.5 Å². The summed E-state index contributed by atoms with van der Waals surface area (Å²) in [7, 11) is 0. The van der Waals surface area contributed by atoms with Gasteiger partial charge in [0.2, 0.25) is 0 Å². The zero-order valence-electron chi connectivity index (χ0n) is 12.2. The van der Waals surface area contributed by atoms with E-state index in [2.05, 4.69) is 6.07 Å². The number of hydrogen-bond donors (Lipinski definition) is 1. The van der Waals surface area contributed by atoms with Gasteiger partial charge in [-0.25, -0.2) is 0 Å². The molecule has 0 fully saturated rings. The Bertz CT molecular complexity index is 634. The molecular weight excluding hydrogens is 264 g/mol. The van der Waals surface area contributed by atoms with Crippen molar-refractivity contribution >= 4 is 5.69 Å². The molecule has 0 spiro atoms. The van der Waals surface area contributed by atoms with E-state index in [1.807, 2.05) is 38.1 Å². The Balaban J connectivity index is 1.89. The van der Waals surface area contributed by atoms with Gasteiger partial charge in [-0.15, -0.1) is 0 Å². The molecule has 0 aliphatic heterocycles. The fraction of sp³-hybridized carbons (Fsp3) is 0.235. The van der Waals surface area contributed by atoms with Gasteiger partial charge < -0.3 is 15.2 Å². The Morgan fingerprint density at radius 2 is 1.57 bits per heavy atom. The first-order valence-corrected chi connectivity index (χ1v) is 6.72. The minimum absolute atomic E-state index is 0.442. The fourth-order valence-corrected chi connectivity index (χ4v) is 2.11. The first-order chi connectivity index (χ1) is 10.1. The Morgan fingerprint density at radius 3 is 2.14 bits per heavy atom. The number of hydrogen-bond acceptors (Lipinski definition) is 4. The summed E-state index contributed by atoms with van der Waals surface area (Å²) in [6.45, 7) is 4.76. The van der Waals surface area contributed by atoms with Gasteiger partial charge in [0, 0.05) is 5.69 Å². The van der Waals surface area contributed by atoms with Crippen molar-refractivity contribution < 1.29 is 9.47 Å². The summed E-state index contributed by atoms with van der Waals surface area (Å²) in [4.78, 5) is 0. The summed E-state index contributed by atoms with van der Waals surface area (Å²) >= 11 is 0. The minimum atomic E-state index is 0.442. The first kappa shape index (κ1) is 14.7. The lowest BCUT2D eigenvalue weighted by atomic mass is 10.1. The van der Waals surface area contributed by atoms with Gasteiger partial charge in [-0.2, -0.15) is 5.26 Å². The molecule has 0 aromatic heterocycles. The summed E-state index contributed by atoms with van der Waals surface area (Å²) in [5.74, 6) is 1.58. The quantitative estimate of drug-likeness (QED) is 0.675. The van der Waals surface area contributed by atoms with Gasteiger partial charge in [0.1, 0.15) is 24.7 Å².